The average Bonchev–Trinajstić information content (AvgIpc) is 2.75. The molecular weight excluding hydrogens is 236 g/mol. The van der Waals surface area contributed by atoms with Crippen molar-refractivity contribution in [3.8, 4) is 0 Å². The first-order valence-electron chi connectivity index (χ1n) is 5.85. The smallest absolute Gasteiger partial charge is 0.234 e. The van der Waals surface area contributed by atoms with Crippen molar-refractivity contribution < 1.29 is 9.90 Å². The first kappa shape index (κ1) is 12.5. The standard InChI is InChI=1S/C12H18N2O2S/c1-9(11-3-2-4-17-11)13-12(16)7-14-5-10(6-14)8-15/h2-4,9-10,15H,5-8H2,1H3,(H,13,16). The van der Waals surface area contributed by atoms with E-state index in [0.717, 1.165) is 13.1 Å². The Morgan fingerprint density at radius 1 is 1.71 bits per heavy atom. The summed E-state index contributed by atoms with van der Waals surface area (Å²) in [5, 5.41) is 13.9. The molecule has 2 N–H and O–H groups in total. The maximum atomic E-state index is 11.7. The molecule has 0 saturated carbocycles. The summed E-state index contributed by atoms with van der Waals surface area (Å²) in [4.78, 5) is 15.0. The summed E-state index contributed by atoms with van der Waals surface area (Å²) < 4.78 is 0. The van der Waals surface area contributed by atoms with Crippen LogP contribution in [-0.4, -0.2) is 42.2 Å². The largest absolute Gasteiger partial charge is 0.396 e. The van der Waals surface area contributed by atoms with Crippen LogP contribution in [-0.2, 0) is 4.79 Å². The lowest BCUT2D eigenvalue weighted by Gasteiger charge is -2.37. The van der Waals surface area contributed by atoms with E-state index in [4.69, 9.17) is 5.11 Å². The monoisotopic (exact) mass is 254 g/mol. The predicted octanol–water partition coefficient (Wildman–Crippen LogP) is 0.849. The molecule has 1 amide bonds. The number of hydrogen-bond donors (Lipinski definition) is 2. The van der Waals surface area contributed by atoms with Gasteiger partial charge in [-0.25, -0.2) is 0 Å². The lowest BCUT2D eigenvalue weighted by Crippen LogP contribution is -2.52. The number of thiophene rings is 1. The molecule has 2 heterocycles. The second-order valence-electron chi connectivity index (χ2n) is 4.55. The first-order chi connectivity index (χ1) is 8.19. The van der Waals surface area contributed by atoms with Crippen molar-refractivity contribution in [3.63, 3.8) is 0 Å². The summed E-state index contributed by atoms with van der Waals surface area (Å²) in [7, 11) is 0. The number of carbonyl (C=O) groups is 1. The third kappa shape index (κ3) is 3.28. The van der Waals surface area contributed by atoms with Crippen LogP contribution in [0.3, 0.4) is 0 Å². The minimum Gasteiger partial charge on any atom is -0.396 e. The van der Waals surface area contributed by atoms with Gasteiger partial charge in [0.1, 0.15) is 0 Å². The molecule has 1 aliphatic heterocycles. The molecular formula is C12H18N2O2S. The number of nitrogens with zero attached hydrogens (tertiary/aromatic N) is 1. The number of carbonyl (C=O) groups excluding carboxylic acids is 1. The third-order valence-electron chi connectivity index (χ3n) is 3.01. The Balaban J connectivity index is 1.71. The Bertz CT molecular complexity index is 361. The SMILES string of the molecule is CC(NC(=O)CN1CC(CO)C1)c1cccs1. The molecule has 1 saturated heterocycles. The van der Waals surface area contributed by atoms with Crippen molar-refractivity contribution in [3.05, 3.63) is 22.4 Å². The van der Waals surface area contributed by atoms with E-state index >= 15 is 0 Å². The van der Waals surface area contributed by atoms with Gasteiger partial charge in [0.15, 0.2) is 0 Å². The molecule has 4 nitrogen and oxygen atoms in total. The Morgan fingerprint density at radius 3 is 3.06 bits per heavy atom. The van der Waals surface area contributed by atoms with Gasteiger partial charge in [0.25, 0.3) is 0 Å². The molecule has 0 radical (unpaired) electrons. The summed E-state index contributed by atoms with van der Waals surface area (Å²) in [5.41, 5.74) is 0. The van der Waals surface area contributed by atoms with Crippen LogP contribution < -0.4 is 5.32 Å². The summed E-state index contributed by atoms with van der Waals surface area (Å²) in [6.07, 6.45) is 0. The number of nitrogens with one attached hydrogen (secondary N) is 1. The van der Waals surface area contributed by atoms with Crippen molar-refractivity contribution in [2.45, 2.75) is 13.0 Å². The van der Waals surface area contributed by atoms with Gasteiger partial charge in [0.2, 0.25) is 5.91 Å². The van der Waals surface area contributed by atoms with E-state index in [9.17, 15) is 4.79 Å². The van der Waals surface area contributed by atoms with E-state index < -0.39 is 0 Å². The van der Waals surface area contributed by atoms with Gasteiger partial charge in [0, 0.05) is 30.5 Å². The van der Waals surface area contributed by atoms with E-state index in [2.05, 4.69) is 10.2 Å². The van der Waals surface area contributed by atoms with Crippen LogP contribution in [0.15, 0.2) is 17.5 Å². The lowest BCUT2D eigenvalue weighted by molar-refractivity contribution is -0.124. The Morgan fingerprint density at radius 2 is 2.47 bits per heavy atom. The van der Waals surface area contributed by atoms with Crippen LogP contribution >= 0.6 is 11.3 Å². The molecule has 0 bridgehead atoms. The van der Waals surface area contributed by atoms with E-state index in [0.29, 0.717) is 12.5 Å². The zero-order valence-corrected chi connectivity index (χ0v) is 10.7. The maximum absolute atomic E-state index is 11.7. The number of hydrogen-bond acceptors (Lipinski definition) is 4. The van der Waals surface area contributed by atoms with E-state index in [1.54, 1.807) is 11.3 Å². The van der Waals surface area contributed by atoms with E-state index in [1.165, 1.54) is 4.88 Å². The van der Waals surface area contributed by atoms with Gasteiger partial charge >= 0.3 is 0 Å². The molecule has 5 heteroatoms. The van der Waals surface area contributed by atoms with Crippen LogP contribution in [0.4, 0.5) is 0 Å². The number of rotatable bonds is 5. The highest BCUT2D eigenvalue weighted by Gasteiger charge is 2.27. The second kappa shape index (κ2) is 5.62. The fourth-order valence-electron chi connectivity index (χ4n) is 2.02. The lowest BCUT2D eigenvalue weighted by atomic mass is 10.0. The van der Waals surface area contributed by atoms with Gasteiger partial charge in [-0.1, -0.05) is 6.07 Å². The molecule has 1 atom stereocenters. The van der Waals surface area contributed by atoms with Gasteiger partial charge < -0.3 is 10.4 Å². The average molecular weight is 254 g/mol. The minimum absolute atomic E-state index is 0.0577. The minimum atomic E-state index is 0.0577. The molecule has 2 rings (SSSR count). The number of aliphatic hydroxyl groups is 1. The molecule has 1 fully saturated rings. The molecule has 0 spiro atoms. The normalized spacial score (nSPS) is 18.7. The quantitative estimate of drug-likeness (QED) is 0.819. The Kier molecular flexibility index (Phi) is 4.15. The Labute approximate surface area is 105 Å². The molecule has 1 aliphatic rings. The van der Waals surface area contributed by atoms with Crippen molar-refractivity contribution in [1.82, 2.24) is 10.2 Å². The van der Waals surface area contributed by atoms with Crippen LogP contribution in [0.2, 0.25) is 0 Å². The first-order valence-corrected chi connectivity index (χ1v) is 6.73. The Hall–Kier alpha value is -0.910. The summed E-state index contributed by atoms with van der Waals surface area (Å²) >= 11 is 1.65. The van der Waals surface area contributed by atoms with Crippen molar-refractivity contribution in [2.75, 3.05) is 26.2 Å². The zero-order valence-electron chi connectivity index (χ0n) is 9.93. The van der Waals surface area contributed by atoms with Crippen LogP contribution in [0, 0.1) is 5.92 Å². The summed E-state index contributed by atoms with van der Waals surface area (Å²) in [6.45, 7) is 4.32. The van der Waals surface area contributed by atoms with Crippen LogP contribution in [0.5, 0.6) is 0 Å². The fraction of sp³-hybridized carbons (Fsp3) is 0.583. The highest BCUT2D eigenvalue weighted by Crippen LogP contribution is 2.18. The van der Waals surface area contributed by atoms with Gasteiger partial charge in [0.05, 0.1) is 12.6 Å². The molecule has 0 aliphatic carbocycles. The van der Waals surface area contributed by atoms with Gasteiger partial charge in [-0.15, -0.1) is 11.3 Å². The van der Waals surface area contributed by atoms with Crippen LogP contribution in [0.25, 0.3) is 0 Å². The van der Waals surface area contributed by atoms with Gasteiger partial charge in [-0.2, -0.15) is 0 Å². The second-order valence-corrected chi connectivity index (χ2v) is 5.53. The van der Waals surface area contributed by atoms with Crippen molar-refractivity contribution in [2.24, 2.45) is 5.92 Å². The molecule has 0 aromatic carbocycles. The molecule has 1 aromatic rings. The topological polar surface area (TPSA) is 52.6 Å². The van der Waals surface area contributed by atoms with Crippen LogP contribution in [0.1, 0.15) is 17.8 Å². The number of amides is 1. The number of likely N-dealkylation sites (tertiary alicyclic amines) is 1. The number of aliphatic hydroxyl groups excluding tert-OH is 1. The zero-order chi connectivity index (χ0) is 12.3. The van der Waals surface area contributed by atoms with E-state index in [-0.39, 0.29) is 18.6 Å². The maximum Gasteiger partial charge on any atom is 0.234 e. The van der Waals surface area contributed by atoms with Gasteiger partial charge in [-0.05, 0) is 18.4 Å². The molecule has 17 heavy (non-hydrogen) atoms. The highest BCUT2D eigenvalue weighted by molar-refractivity contribution is 7.10. The summed E-state index contributed by atoms with van der Waals surface area (Å²) in [6, 6.07) is 4.10. The van der Waals surface area contributed by atoms with Crippen molar-refractivity contribution >= 4 is 17.2 Å². The van der Waals surface area contributed by atoms with Crippen molar-refractivity contribution in [1.29, 1.82) is 0 Å². The fourth-order valence-corrected chi connectivity index (χ4v) is 2.75. The third-order valence-corrected chi connectivity index (χ3v) is 4.06. The predicted molar refractivity (Wildman–Crippen MR) is 67.9 cm³/mol. The van der Waals surface area contributed by atoms with Gasteiger partial charge in [-0.3, -0.25) is 9.69 Å². The molecule has 1 aromatic heterocycles. The molecule has 1 unspecified atom stereocenters. The highest BCUT2D eigenvalue weighted by atomic mass is 32.1. The molecule has 94 valence electrons. The van der Waals surface area contributed by atoms with E-state index in [1.807, 2.05) is 24.4 Å². The summed E-state index contributed by atoms with van der Waals surface area (Å²) in [5.74, 6) is 0.416.